The fourth-order valence-corrected chi connectivity index (χ4v) is 3.18. The molecule has 0 saturated carbocycles. The monoisotopic (exact) mass is 386 g/mol. The maximum absolute atomic E-state index is 13.1. The van der Waals surface area contributed by atoms with Gasteiger partial charge in [0.05, 0.1) is 6.54 Å². The molecule has 0 radical (unpaired) electrons. The van der Waals surface area contributed by atoms with Crippen molar-refractivity contribution >= 4 is 0 Å². The zero-order valence-electron chi connectivity index (χ0n) is 16.3. The molecule has 0 unspecified atom stereocenters. The topological polar surface area (TPSA) is 42.7 Å². The molecule has 3 aromatic carbocycles. The Bertz CT molecular complexity index is 1050. The maximum atomic E-state index is 13.1. The van der Waals surface area contributed by atoms with Gasteiger partial charge in [0.2, 0.25) is 0 Å². The van der Waals surface area contributed by atoms with Gasteiger partial charge in [-0.15, -0.1) is 0 Å². The lowest BCUT2D eigenvalue weighted by atomic mass is 10.1. The minimum Gasteiger partial charge on any atom is -0.307 e. The third kappa shape index (κ3) is 4.95. The van der Waals surface area contributed by atoms with E-state index in [4.69, 9.17) is 10.2 Å². The van der Waals surface area contributed by atoms with Crippen molar-refractivity contribution in [1.29, 1.82) is 0 Å². The molecule has 146 valence electrons. The fourth-order valence-electron chi connectivity index (χ4n) is 3.18. The van der Waals surface area contributed by atoms with Crippen LogP contribution in [0.25, 0.3) is 11.3 Å². The Kier molecular flexibility index (Phi) is 5.77. The standard InChI is InChI=1S/C24H23FN4/c1-18-7-9-20(10-8-18)17-29-27-23(24(28-29)21-5-3-2-4-6-21)16-26-15-19-11-13-22(25)14-12-19/h2-14,26H,15-17H2,1H3. The number of benzene rings is 3. The molecule has 4 rings (SSSR count). The van der Waals surface area contributed by atoms with E-state index in [2.05, 4.69) is 36.5 Å². The molecule has 0 aliphatic carbocycles. The van der Waals surface area contributed by atoms with Crippen LogP contribution in [0.2, 0.25) is 0 Å². The normalized spacial score (nSPS) is 11.0. The summed E-state index contributed by atoms with van der Waals surface area (Å²) in [6.45, 7) is 3.92. The van der Waals surface area contributed by atoms with Gasteiger partial charge in [-0.05, 0) is 30.2 Å². The predicted octanol–water partition coefficient (Wildman–Crippen LogP) is 4.73. The average molecular weight is 386 g/mol. The smallest absolute Gasteiger partial charge is 0.123 e. The SMILES string of the molecule is Cc1ccc(Cn2nc(CNCc3ccc(F)cc3)c(-c3ccccc3)n2)cc1. The lowest BCUT2D eigenvalue weighted by molar-refractivity contribution is 0.576. The largest absolute Gasteiger partial charge is 0.307 e. The van der Waals surface area contributed by atoms with Crippen LogP contribution in [0, 0.1) is 12.7 Å². The number of nitrogens with one attached hydrogen (secondary N) is 1. The van der Waals surface area contributed by atoms with E-state index in [1.807, 2.05) is 30.3 Å². The van der Waals surface area contributed by atoms with E-state index in [1.54, 1.807) is 16.9 Å². The third-order valence-electron chi connectivity index (χ3n) is 4.75. The average Bonchev–Trinajstić information content (AvgIpc) is 3.14. The number of aromatic nitrogens is 3. The zero-order chi connectivity index (χ0) is 20.1. The fraction of sp³-hybridized carbons (Fsp3) is 0.167. The van der Waals surface area contributed by atoms with Gasteiger partial charge in [-0.3, -0.25) is 0 Å². The van der Waals surface area contributed by atoms with Crippen molar-refractivity contribution in [1.82, 2.24) is 20.3 Å². The van der Waals surface area contributed by atoms with E-state index < -0.39 is 0 Å². The minimum absolute atomic E-state index is 0.223. The maximum Gasteiger partial charge on any atom is 0.123 e. The van der Waals surface area contributed by atoms with Crippen LogP contribution in [0.15, 0.2) is 78.9 Å². The van der Waals surface area contributed by atoms with Crippen LogP contribution >= 0.6 is 0 Å². The molecule has 1 aromatic heterocycles. The third-order valence-corrected chi connectivity index (χ3v) is 4.75. The van der Waals surface area contributed by atoms with Crippen LogP contribution in [0.5, 0.6) is 0 Å². The molecule has 4 aromatic rings. The lowest BCUT2D eigenvalue weighted by Crippen LogP contribution is -2.14. The zero-order valence-corrected chi connectivity index (χ0v) is 16.3. The molecule has 0 atom stereocenters. The summed E-state index contributed by atoms with van der Waals surface area (Å²) in [7, 11) is 0. The summed E-state index contributed by atoms with van der Waals surface area (Å²) in [5.41, 5.74) is 6.24. The first-order chi connectivity index (χ1) is 14.2. The van der Waals surface area contributed by atoms with Crippen LogP contribution < -0.4 is 5.32 Å². The Morgan fingerprint density at radius 2 is 1.48 bits per heavy atom. The van der Waals surface area contributed by atoms with Gasteiger partial charge < -0.3 is 5.32 Å². The summed E-state index contributed by atoms with van der Waals surface area (Å²) in [5.74, 6) is -0.223. The van der Waals surface area contributed by atoms with Gasteiger partial charge in [0.15, 0.2) is 0 Å². The molecule has 0 bridgehead atoms. The van der Waals surface area contributed by atoms with E-state index in [0.29, 0.717) is 19.6 Å². The van der Waals surface area contributed by atoms with Crippen molar-refractivity contribution in [2.75, 3.05) is 0 Å². The highest BCUT2D eigenvalue weighted by Gasteiger charge is 2.13. The Hall–Kier alpha value is -3.31. The van der Waals surface area contributed by atoms with Gasteiger partial charge in [0.1, 0.15) is 17.2 Å². The number of nitrogens with zero attached hydrogens (tertiary/aromatic N) is 3. The molecule has 5 heteroatoms. The van der Waals surface area contributed by atoms with Gasteiger partial charge in [-0.2, -0.15) is 15.0 Å². The summed E-state index contributed by atoms with van der Waals surface area (Å²) in [5, 5.41) is 12.9. The Morgan fingerprint density at radius 1 is 0.793 bits per heavy atom. The van der Waals surface area contributed by atoms with Crippen LogP contribution in [0.4, 0.5) is 4.39 Å². The predicted molar refractivity (Wildman–Crippen MR) is 113 cm³/mol. The second kappa shape index (κ2) is 8.80. The summed E-state index contributed by atoms with van der Waals surface area (Å²) < 4.78 is 13.1. The van der Waals surface area contributed by atoms with Crippen LogP contribution in [-0.2, 0) is 19.6 Å². The van der Waals surface area contributed by atoms with Gasteiger partial charge in [-0.1, -0.05) is 72.3 Å². The van der Waals surface area contributed by atoms with Crippen LogP contribution in [-0.4, -0.2) is 15.0 Å². The Labute approximate surface area is 170 Å². The molecule has 0 aliphatic heterocycles. The van der Waals surface area contributed by atoms with E-state index in [0.717, 1.165) is 28.1 Å². The van der Waals surface area contributed by atoms with E-state index in [9.17, 15) is 4.39 Å². The molecule has 0 spiro atoms. The quantitative estimate of drug-likeness (QED) is 0.499. The molecule has 29 heavy (non-hydrogen) atoms. The molecule has 0 saturated heterocycles. The minimum atomic E-state index is -0.223. The molecule has 0 amide bonds. The number of aryl methyl sites for hydroxylation is 1. The summed E-state index contributed by atoms with van der Waals surface area (Å²) >= 11 is 0. The van der Waals surface area contributed by atoms with E-state index in [1.165, 1.54) is 17.7 Å². The first-order valence-corrected chi connectivity index (χ1v) is 9.67. The van der Waals surface area contributed by atoms with Crippen molar-refractivity contribution in [3.63, 3.8) is 0 Å². The second-order valence-electron chi connectivity index (χ2n) is 7.11. The number of rotatable bonds is 7. The van der Waals surface area contributed by atoms with Crippen molar-refractivity contribution in [3.8, 4) is 11.3 Å². The highest BCUT2D eigenvalue weighted by molar-refractivity contribution is 5.60. The Balaban J connectivity index is 1.53. The lowest BCUT2D eigenvalue weighted by Gasteiger charge is -2.04. The Morgan fingerprint density at radius 3 is 2.21 bits per heavy atom. The van der Waals surface area contributed by atoms with Crippen LogP contribution in [0.3, 0.4) is 0 Å². The molecular formula is C24H23FN4. The summed E-state index contributed by atoms with van der Waals surface area (Å²) in [6, 6.07) is 25.0. The van der Waals surface area contributed by atoms with Crippen molar-refractivity contribution in [2.24, 2.45) is 0 Å². The molecule has 0 fully saturated rings. The summed E-state index contributed by atoms with van der Waals surface area (Å²) in [4.78, 5) is 1.75. The van der Waals surface area contributed by atoms with Gasteiger partial charge >= 0.3 is 0 Å². The summed E-state index contributed by atoms with van der Waals surface area (Å²) in [6.07, 6.45) is 0. The molecular weight excluding hydrogens is 363 g/mol. The second-order valence-corrected chi connectivity index (χ2v) is 7.11. The molecule has 0 aliphatic rings. The van der Waals surface area contributed by atoms with E-state index in [-0.39, 0.29) is 5.82 Å². The van der Waals surface area contributed by atoms with Crippen molar-refractivity contribution in [3.05, 3.63) is 107 Å². The van der Waals surface area contributed by atoms with E-state index >= 15 is 0 Å². The number of hydrogen-bond donors (Lipinski definition) is 1. The number of hydrogen-bond acceptors (Lipinski definition) is 3. The first kappa shape index (κ1) is 19.0. The molecule has 1 N–H and O–H groups in total. The highest BCUT2D eigenvalue weighted by atomic mass is 19.1. The van der Waals surface area contributed by atoms with Crippen molar-refractivity contribution in [2.45, 2.75) is 26.6 Å². The van der Waals surface area contributed by atoms with Gasteiger partial charge in [-0.25, -0.2) is 4.39 Å². The van der Waals surface area contributed by atoms with Gasteiger partial charge in [0.25, 0.3) is 0 Å². The molecule has 1 heterocycles. The van der Waals surface area contributed by atoms with Crippen molar-refractivity contribution < 1.29 is 4.39 Å². The van der Waals surface area contributed by atoms with Crippen LogP contribution in [0.1, 0.15) is 22.4 Å². The van der Waals surface area contributed by atoms with Gasteiger partial charge in [0, 0.05) is 18.7 Å². The highest BCUT2D eigenvalue weighted by Crippen LogP contribution is 2.20. The molecule has 4 nitrogen and oxygen atoms in total. The number of halogens is 1. The first-order valence-electron chi connectivity index (χ1n) is 9.67.